The Hall–Kier alpha value is -3.15. The number of fused-ring (bicyclic) bond motifs is 1. The monoisotopic (exact) mass is 435 g/mol. The molecule has 3 aromatic carbocycles. The smallest absolute Gasteiger partial charge is 0.264 e. The van der Waals surface area contributed by atoms with Crippen LogP contribution in [0.25, 0.3) is 0 Å². The van der Waals surface area contributed by atoms with Crippen LogP contribution >= 0.6 is 11.6 Å². The van der Waals surface area contributed by atoms with E-state index in [0.29, 0.717) is 27.6 Å². The molecule has 1 N–H and O–H groups in total. The van der Waals surface area contributed by atoms with Gasteiger partial charge in [0.05, 0.1) is 25.8 Å². The number of amides is 1. The normalized spacial score (nSPS) is 17.5. The minimum atomic E-state index is -1.98. The molecule has 1 unspecified atom stereocenters. The number of halogens is 1. The zero-order valence-corrected chi connectivity index (χ0v) is 18.0. The van der Waals surface area contributed by atoms with Gasteiger partial charge in [-0.3, -0.25) is 9.59 Å². The highest BCUT2D eigenvalue weighted by molar-refractivity contribution is 6.31. The average Bonchev–Trinajstić information content (AvgIpc) is 2.96. The average molecular weight is 436 g/mol. The minimum absolute atomic E-state index is 0.285. The molecule has 0 fully saturated rings. The molecule has 0 saturated heterocycles. The summed E-state index contributed by atoms with van der Waals surface area (Å²) in [5.74, 6) is -0.262. The first-order valence-corrected chi connectivity index (χ1v) is 10.3. The predicted octanol–water partition coefficient (Wildman–Crippen LogP) is 4.66. The molecule has 1 aliphatic rings. The molecule has 5 nitrogen and oxygen atoms in total. The van der Waals surface area contributed by atoms with E-state index in [2.05, 4.69) is 0 Å². The van der Waals surface area contributed by atoms with E-state index in [1.165, 1.54) is 4.90 Å². The van der Waals surface area contributed by atoms with E-state index in [4.69, 9.17) is 16.3 Å². The molecular formula is C25H22ClNO4. The molecular weight excluding hydrogens is 414 g/mol. The Balaban J connectivity index is 1.67. The first kappa shape index (κ1) is 21.1. The Morgan fingerprint density at radius 2 is 1.74 bits per heavy atom. The lowest BCUT2D eigenvalue weighted by molar-refractivity contribution is -0.136. The van der Waals surface area contributed by atoms with Crippen molar-refractivity contribution in [3.63, 3.8) is 0 Å². The largest absolute Gasteiger partial charge is 0.497 e. The number of carbonyl (C=O) groups excluding carboxylic acids is 2. The maximum atomic E-state index is 13.4. The summed E-state index contributed by atoms with van der Waals surface area (Å²) < 4.78 is 5.12. The summed E-state index contributed by atoms with van der Waals surface area (Å²) in [4.78, 5) is 27.8. The predicted molar refractivity (Wildman–Crippen MR) is 120 cm³/mol. The molecule has 1 atom stereocenters. The molecule has 0 aliphatic carbocycles. The highest BCUT2D eigenvalue weighted by atomic mass is 35.5. The molecule has 0 saturated carbocycles. The van der Waals surface area contributed by atoms with Crippen molar-refractivity contribution >= 4 is 29.0 Å². The van der Waals surface area contributed by atoms with Crippen molar-refractivity contribution in [2.24, 2.45) is 0 Å². The Kier molecular flexibility index (Phi) is 5.56. The summed E-state index contributed by atoms with van der Waals surface area (Å²) in [5, 5.41) is 11.9. The van der Waals surface area contributed by atoms with Crippen LogP contribution in [-0.2, 0) is 16.9 Å². The van der Waals surface area contributed by atoms with E-state index in [0.717, 1.165) is 11.1 Å². The molecule has 158 valence electrons. The lowest BCUT2D eigenvalue weighted by atomic mass is 9.88. The molecule has 0 spiro atoms. The van der Waals surface area contributed by atoms with E-state index in [1.807, 2.05) is 31.2 Å². The van der Waals surface area contributed by atoms with Crippen LogP contribution in [0.3, 0.4) is 0 Å². The van der Waals surface area contributed by atoms with Crippen molar-refractivity contribution in [1.29, 1.82) is 0 Å². The number of aryl methyl sites for hydroxylation is 1. The standard InChI is InChI=1S/C25H22ClNO4/c1-16-3-5-17(6-4-16)15-27-22-12-9-19(26)13-21(22)25(30,24(27)29)14-23(28)18-7-10-20(31-2)11-8-18/h3-13,30H,14-15H2,1-2H3. The second-order valence-electron chi connectivity index (χ2n) is 7.73. The van der Waals surface area contributed by atoms with Crippen molar-refractivity contribution in [3.8, 4) is 5.75 Å². The SMILES string of the molecule is COc1ccc(C(=O)CC2(O)C(=O)N(Cc3ccc(C)cc3)c3ccc(Cl)cc32)cc1. The zero-order chi connectivity index (χ0) is 22.2. The van der Waals surface area contributed by atoms with E-state index < -0.39 is 11.5 Å². The van der Waals surface area contributed by atoms with E-state index in [-0.39, 0.29) is 18.7 Å². The fraction of sp³-hybridized carbons (Fsp3) is 0.200. The van der Waals surface area contributed by atoms with Crippen LogP contribution in [0.2, 0.25) is 5.02 Å². The van der Waals surface area contributed by atoms with Gasteiger partial charge in [0.1, 0.15) is 5.75 Å². The molecule has 1 aliphatic heterocycles. The van der Waals surface area contributed by atoms with Gasteiger partial charge in [0, 0.05) is 16.1 Å². The number of carbonyl (C=O) groups is 2. The van der Waals surface area contributed by atoms with E-state index in [9.17, 15) is 14.7 Å². The van der Waals surface area contributed by atoms with Gasteiger partial charge in [-0.15, -0.1) is 0 Å². The zero-order valence-electron chi connectivity index (χ0n) is 17.3. The van der Waals surface area contributed by atoms with Crippen LogP contribution < -0.4 is 9.64 Å². The quantitative estimate of drug-likeness (QED) is 0.571. The Labute approximate surface area is 185 Å². The fourth-order valence-electron chi connectivity index (χ4n) is 3.84. The molecule has 1 heterocycles. The van der Waals surface area contributed by atoms with Crippen molar-refractivity contribution in [2.75, 3.05) is 12.0 Å². The van der Waals surface area contributed by atoms with Crippen molar-refractivity contribution in [3.05, 3.63) is 94.0 Å². The number of ketones is 1. The molecule has 6 heteroatoms. The van der Waals surface area contributed by atoms with Gasteiger partial charge >= 0.3 is 0 Å². The van der Waals surface area contributed by atoms with Gasteiger partial charge in [-0.1, -0.05) is 41.4 Å². The number of Topliss-reactive ketones (excluding diaryl/α,β-unsaturated/α-hetero) is 1. The van der Waals surface area contributed by atoms with Crippen LogP contribution in [-0.4, -0.2) is 23.9 Å². The first-order valence-electron chi connectivity index (χ1n) is 9.89. The van der Waals surface area contributed by atoms with Crippen LogP contribution in [0.15, 0.2) is 66.7 Å². The summed E-state index contributed by atoms with van der Waals surface area (Å²) in [6.07, 6.45) is -0.379. The second kappa shape index (κ2) is 8.17. The summed E-state index contributed by atoms with van der Waals surface area (Å²) in [6.45, 7) is 2.28. The van der Waals surface area contributed by atoms with Crippen molar-refractivity contribution in [2.45, 2.75) is 25.5 Å². The van der Waals surface area contributed by atoms with E-state index in [1.54, 1.807) is 49.6 Å². The van der Waals surface area contributed by atoms with E-state index >= 15 is 0 Å². The van der Waals surface area contributed by atoms with Crippen LogP contribution in [0, 0.1) is 6.92 Å². The third kappa shape index (κ3) is 3.94. The number of hydrogen-bond acceptors (Lipinski definition) is 4. The highest BCUT2D eigenvalue weighted by Gasteiger charge is 2.51. The third-order valence-electron chi connectivity index (χ3n) is 5.58. The van der Waals surface area contributed by atoms with Gasteiger partial charge in [-0.05, 0) is 55.0 Å². The lowest BCUT2D eigenvalue weighted by Crippen LogP contribution is -2.41. The summed E-state index contributed by atoms with van der Waals surface area (Å²) >= 11 is 6.17. The Morgan fingerprint density at radius 3 is 2.39 bits per heavy atom. The van der Waals surface area contributed by atoms with Gasteiger partial charge in [0.15, 0.2) is 11.4 Å². The molecule has 0 aromatic heterocycles. The number of aliphatic hydroxyl groups is 1. The number of rotatable bonds is 6. The number of hydrogen-bond donors (Lipinski definition) is 1. The van der Waals surface area contributed by atoms with Crippen molar-refractivity contribution < 1.29 is 19.4 Å². The summed E-state index contributed by atoms with van der Waals surface area (Å²) in [6, 6.07) is 19.3. The van der Waals surface area contributed by atoms with Crippen LogP contribution in [0.4, 0.5) is 5.69 Å². The fourth-order valence-corrected chi connectivity index (χ4v) is 4.01. The highest BCUT2D eigenvalue weighted by Crippen LogP contribution is 2.44. The van der Waals surface area contributed by atoms with Gasteiger partial charge in [0.25, 0.3) is 5.91 Å². The Morgan fingerprint density at radius 1 is 1.06 bits per heavy atom. The number of benzene rings is 3. The molecule has 3 aromatic rings. The number of nitrogens with zero attached hydrogens (tertiary/aromatic N) is 1. The first-order chi connectivity index (χ1) is 14.8. The van der Waals surface area contributed by atoms with Gasteiger partial charge in [-0.25, -0.2) is 0 Å². The van der Waals surface area contributed by atoms with Crippen LogP contribution in [0.1, 0.15) is 33.5 Å². The van der Waals surface area contributed by atoms with Gasteiger partial charge in [-0.2, -0.15) is 0 Å². The third-order valence-corrected chi connectivity index (χ3v) is 5.82. The maximum absolute atomic E-state index is 13.4. The molecule has 4 rings (SSSR count). The molecule has 0 radical (unpaired) electrons. The molecule has 0 bridgehead atoms. The summed E-state index contributed by atoms with van der Waals surface area (Å²) in [7, 11) is 1.54. The topological polar surface area (TPSA) is 66.8 Å². The number of anilines is 1. The van der Waals surface area contributed by atoms with Gasteiger partial charge in [0.2, 0.25) is 0 Å². The minimum Gasteiger partial charge on any atom is -0.497 e. The molecule has 31 heavy (non-hydrogen) atoms. The number of methoxy groups -OCH3 is 1. The lowest BCUT2D eigenvalue weighted by Gasteiger charge is -2.23. The maximum Gasteiger partial charge on any atom is 0.264 e. The van der Waals surface area contributed by atoms with Crippen molar-refractivity contribution in [1.82, 2.24) is 0 Å². The second-order valence-corrected chi connectivity index (χ2v) is 8.16. The number of ether oxygens (including phenoxy) is 1. The van der Waals surface area contributed by atoms with Gasteiger partial charge < -0.3 is 14.7 Å². The van der Waals surface area contributed by atoms with Crippen LogP contribution in [0.5, 0.6) is 5.75 Å². The molecule has 1 amide bonds. The summed E-state index contributed by atoms with van der Waals surface area (Å²) in [5.41, 5.74) is 1.35. The Bertz CT molecular complexity index is 1140.